The van der Waals surface area contributed by atoms with Crippen LogP contribution in [0.1, 0.15) is 30.9 Å². The van der Waals surface area contributed by atoms with Crippen molar-refractivity contribution in [1.82, 2.24) is 19.8 Å². The second kappa shape index (κ2) is 9.61. The highest BCUT2D eigenvalue weighted by Gasteiger charge is 2.21. The first-order valence-corrected chi connectivity index (χ1v) is 8.51. The molecule has 0 saturated carbocycles. The van der Waals surface area contributed by atoms with E-state index in [1.807, 2.05) is 6.07 Å². The van der Waals surface area contributed by atoms with Gasteiger partial charge in [0.25, 0.3) is 0 Å². The van der Waals surface area contributed by atoms with Gasteiger partial charge in [-0.05, 0) is 18.6 Å². The van der Waals surface area contributed by atoms with E-state index < -0.39 is 18.5 Å². The van der Waals surface area contributed by atoms with E-state index in [9.17, 15) is 18.4 Å². The number of aromatic nitrogens is 2. The minimum Gasteiger partial charge on any atom is -0.347 e. The molecule has 1 heterocycles. The molecule has 0 bridgehead atoms. The van der Waals surface area contributed by atoms with Crippen LogP contribution in [0.3, 0.4) is 0 Å². The normalized spacial score (nSPS) is 11.9. The first kappa shape index (κ1) is 20.3. The largest absolute Gasteiger partial charge is 0.347 e. The van der Waals surface area contributed by atoms with Crippen LogP contribution in [0, 0.1) is 0 Å². The van der Waals surface area contributed by atoms with Crippen molar-refractivity contribution in [3.8, 4) is 0 Å². The molecule has 1 N–H and O–H groups in total. The van der Waals surface area contributed by atoms with Gasteiger partial charge in [-0.3, -0.25) is 14.2 Å². The molecule has 2 aromatic rings. The lowest BCUT2D eigenvalue weighted by atomic mass is 10.0. The van der Waals surface area contributed by atoms with Crippen LogP contribution in [0.5, 0.6) is 0 Å². The lowest BCUT2D eigenvalue weighted by molar-refractivity contribution is -0.132. The third kappa shape index (κ3) is 5.47. The van der Waals surface area contributed by atoms with E-state index in [1.54, 1.807) is 31.2 Å². The van der Waals surface area contributed by atoms with Gasteiger partial charge in [-0.1, -0.05) is 36.9 Å². The second-order valence-corrected chi connectivity index (χ2v) is 5.82. The Morgan fingerprint density at radius 1 is 1.33 bits per heavy atom. The quantitative estimate of drug-likeness (QED) is 0.685. The lowest BCUT2D eigenvalue weighted by Gasteiger charge is -2.23. The minimum absolute atomic E-state index is 0.0919. The smallest absolute Gasteiger partial charge is 0.319 e. The number of benzene rings is 1. The number of carbonyl (C=O) groups is 2. The summed E-state index contributed by atoms with van der Waals surface area (Å²) in [5, 5.41) is 2.82. The highest BCUT2D eigenvalue weighted by atomic mass is 19.3. The molecule has 0 aliphatic heterocycles. The molecule has 1 aromatic heterocycles. The summed E-state index contributed by atoms with van der Waals surface area (Å²) in [4.78, 5) is 29.5. The van der Waals surface area contributed by atoms with Crippen LogP contribution in [-0.4, -0.2) is 39.4 Å². The van der Waals surface area contributed by atoms with Gasteiger partial charge >= 0.3 is 6.55 Å². The predicted octanol–water partition coefficient (Wildman–Crippen LogP) is 2.71. The monoisotopic (exact) mass is 376 g/mol. The number of amides is 2. The maximum Gasteiger partial charge on any atom is 0.319 e. The number of imidazole rings is 1. The topological polar surface area (TPSA) is 67.2 Å². The lowest BCUT2D eigenvalue weighted by Crippen LogP contribution is -2.41. The summed E-state index contributed by atoms with van der Waals surface area (Å²) < 4.78 is 27.0. The third-order valence-electron chi connectivity index (χ3n) is 4.09. The second-order valence-electron chi connectivity index (χ2n) is 5.82. The number of carbonyl (C=O) groups excluding carboxylic acids is 2. The zero-order chi connectivity index (χ0) is 19.8. The maximum atomic E-state index is 13.1. The summed E-state index contributed by atoms with van der Waals surface area (Å²) >= 11 is 0. The molecule has 0 fully saturated rings. The first-order chi connectivity index (χ1) is 13.0. The standard InChI is InChI=1S/C19H22F2N4O2/c1-3-18(27)24(4-2)13-17(26)23-15(14-8-6-5-7-9-14)12-16-22-10-11-25(16)19(20)21/h3,5-11,15,19H,1,4,12-13H2,2H3,(H,23,26). The van der Waals surface area contributed by atoms with Gasteiger partial charge in [-0.2, -0.15) is 8.78 Å². The zero-order valence-electron chi connectivity index (χ0n) is 15.0. The molecule has 0 spiro atoms. The van der Waals surface area contributed by atoms with E-state index in [0.29, 0.717) is 6.54 Å². The number of hydrogen-bond donors (Lipinski definition) is 1. The molecule has 144 valence electrons. The fraction of sp³-hybridized carbons (Fsp3) is 0.316. The zero-order valence-corrected chi connectivity index (χ0v) is 15.0. The molecular weight excluding hydrogens is 354 g/mol. The number of hydrogen-bond acceptors (Lipinski definition) is 3. The van der Waals surface area contributed by atoms with Crippen LogP contribution < -0.4 is 5.32 Å². The van der Waals surface area contributed by atoms with E-state index in [-0.39, 0.29) is 24.7 Å². The van der Waals surface area contributed by atoms with Crippen molar-refractivity contribution in [2.24, 2.45) is 0 Å². The molecular formula is C19H22F2N4O2. The summed E-state index contributed by atoms with van der Waals surface area (Å²) in [5.74, 6) is -0.582. The van der Waals surface area contributed by atoms with Gasteiger partial charge < -0.3 is 10.2 Å². The molecule has 2 amide bonds. The Balaban J connectivity index is 2.18. The predicted molar refractivity (Wildman–Crippen MR) is 97.0 cm³/mol. The van der Waals surface area contributed by atoms with Crippen molar-refractivity contribution in [2.75, 3.05) is 13.1 Å². The molecule has 0 aliphatic carbocycles. The highest BCUT2D eigenvalue weighted by molar-refractivity contribution is 5.90. The average Bonchev–Trinajstić information content (AvgIpc) is 3.14. The number of nitrogens with zero attached hydrogens (tertiary/aromatic N) is 3. The van der Waals surface area contributed by atoms with Crippen LogP contribution in [-0.2, 0) is 16.0 Å². The van der Waals surface area contributed by atoms with E-state index in [0.717, 1.165) is 16.2 Å². The van der Waals surface area contributed by atoms with Crippen molar-refractivity contribution in [3.05, 3.63) is 66.8 Å². The first-order valence-electron chi connectivity index (χ1n) is 8.51. The van der Waals surface area contributed by atoms with Gasteiger partial charge in [0.05, 0.1) is 12.6 Å². The van der Waals surface area contributed by atoms with Crippen LogP contribution in [0.25, 0.3) is 0 Å². The molecule has 27 heavy (non-hydrogen) atoms. The number of rotatable bonds is 9. The van der Waals surface area contributed by atoms with Crippen molar-refractivity contribution in [1.29, 1.82) is 0 Å². The number of halogens is 2. The summed E-state index contributed by atoms with van der Waals surface area (Å²) in [5.41, 5.74) is 0.757. The third-order valence-corrected chi connectivity index (χ3v) is 4.09. The Bertz CT molecular complexity index is 777. The molecule has 0 radical (unpaired) electrons. The molecule has 8 heteroatoms. The molecule has 6 nitrogen and oxygen atoms in total. The minimum atomic E-state index is -2.71. The average molecular weight is 376 g/mol. The molecule has 0 saturated heterocycles. The van der Waals surface area contributed by atoms with Gasteiger partial charge in [0.15, 0.2) is 0 Å². The number of nitrogens with one attached hydrogen (secondary N) is 1. The Labute approximate surface area is 156 Å². The van der Waals surface area contributed by atoms with E-state index in [2.05, 4.69) is 16.9 Å². The molecule has 1 unspecified atom stereocenters. The van der Waals surface area contributed by atoms with Gasteiger partial charge in [-0.15, -0.1) is 0 Å². The Morgan fingerprint density at radius 2 is 2.04 bits per heavy atom. The highest BCUT2D eigenvalue weighted by Crippen LogP contribution is 2.20. The Hall–Kier alpha value is -3.03. The van der Waals surface area contributed by atoms with Gasteiger partial charge in [-0.25, -0.2) is 4.98 Å². The van der Waals surface area contributed by atoms with Gasteiger partial charge in [0, 0.05) is 25.4 Å². The number of alkyl halides is 2. The van der Waals surface area contributed by atoms with Crippen molar-refractivity contribution in [3.63, 3.8) is 0 Å². The summed E-state index contributed by atoms with van der Waals surface area (Å²) in [6.45, 7) is 2.66. The van der Waals surface area contributed by atoms with Crippen molar-refractivity contribution < 1.29 is 18.4 Å². The maximum absolute atomic E-state index is 13.1. The molecule has 0 aliphatic rings. The van der Waals surface area contributed by atoms with Crippen LogP contribution in [0.2, 0.25) is 0 Å². The molecule has 1 aromatic carbocycles. The van der Waals surface area contributed by atoms with Gasteiger partial charge in [0.1, 0.15) is 5.82 Å². The van der Waals surface area contributed by atoms with Crippen LogP contribution in [0.4, 0.5) is 8.78 Å². The Kier molecular flexibility index (Phi) is 7.22. The van der Waals surface area contributed by atoms with E-state index in [4.69, 9.17) is 0 Å². The van der Waals surface area contributed by atoms with E-state index >= 15 is 0 Å². The summed E-state index contributed by atoms with van der Waals surface area (Å²) in [6.07, 6.45) is 3.73. The fourth-order valence-electron chi connectivity index (χ4n) is 2.69. The number of likely N-dealkylation sites (N-methyl/N-ethyl adjacent to an activating group) is 1. The van der Waals surface area contributed by atoms with Crippen LogP contribution >= 0.6 is 0 Å². The van der Waals surface area contributed by atoms with Crippen molar-refractivity contribution in [2.45, 2.75) is 25.9 Å². The molecule has 2 rings (SSSR count). The fourth-order valence-corrected chi connectivity index (χ4v) is 2.69. The van der Waals surface area contributed by atoms with Gasteiger partial charge in [0.2, 0.25) is 11.8 Å². The summed E-state index contributed by atoms with van der Waals surface area (Å²) in [6, 6.07) is 8.46. The SMILES string of the molecule is C=CC(=O)N(CC)CC(=O)NC(Cc1nccn1C(F)F)c1ccccc1. The van der Waals surface area contributed by atoms with Crippen LogP contribution in [0.15, 0.2) is 55.4 Å². The Morgan fingerprint density at radius 3 is 2.63 bits per heavy atom. The summed E-state index contributed by atoms with van der Waals surface area (Å²) in [7, 11) is 0. The van der Waals surface area contributed by atoms with E-state index in [1.165, 1.54) is 17.3 Å². The van der Waals surface area contributed by atoms with Crippen molar-refractivity contribution >= 4 is 11.8 Å². The molecule has 1 atom stereocenters.